The van der Waals surface area contributed by atoms with Gasteiger partial charge in [-0.3, -0.25) is 0 Å². The number of urea groups is 1. The molecule has 1 aliphatic carbocycles. The van der Waals surface area contributed by atoms with Crippen molar-refractivity contribution >= 4 is 6.03 Å². The molecule has 2 heterocycles. The van der Waals surface area contributed by atoms with E-state index in [0.717, 1.165) is 37.0 Å². The highest BCUT2D eigenvalue weighted by Crippen LogP contribution is 2.37. The van der Waals surface area contributed by atoms with Gasteiger partial charge in [-0.2, -0.15) is 0 Å². The summed E-state index contributed by atoms with van der Waals surface area (Å²) in [4.78, 5) is 13.8. The Balaban J connectivity index is 1.43. The van der Waals surface area contributed by atoms with Crippen molar-refractivity contribution in [1.82, 2.24) is 10.2 Å². The van der Waals surface area contributed by atoms with E-state index in [-0.39, 0.29) is 17.9 Å². The first kappa shape index (κ1) is 16.3. The number of ether oxygens (including phenoxy) is 2. The van der Waals surface area contributed by atoms with Crippen LogP contribution >= 0.6 is 0 Å². The Kier molecular flexibility index (Phi) is 4.92. The van der Waals surface area contributed by atoms with Gasteiger partial charge in [0.05, 0.1) is 19.4 Å². The maximum Gasteiger partial charge on any atom is 0.317 e. The van der Waals surface area contributed by atoms with Gasteiger partial charge >= 0.3 is 6.03 Å². The zero-order chi connectivity index (χ0) is 16.3. The molecule has 23 heavy (non-hydrogen) atoms. The van der Waals surface area contributed by atoms with E-state index in [1.807, 2.05) is 13.0 Å². The lowest BCUT2D eigenvalue weighted by molar-refractivity contribution is -0.186. The van der Waals surface area contributed by atoms with Crippen molar-refractivity contribution in [3.63, 3.8) is 0 Å². The molecule has 1 aromatic heterocycles. The smallest absolute Gasteiger partial charge is 0.317 e. The number of carbonyl (C=O) groups excluding carboxylic acids is 1. The van der Waals surface area contributed by atoms with Crippen molar-refractivity contribution in [2.45, 2.75) is 57.5 Å². The van der Waals surface area contributed by atoms with Crippen LogP contribution in [0, 0.1) is 6.92 Å². The molecule has 2 aliphatic rings. The lowest BCUT2D eigenvalue weighted by atomic mass is 9.94. The molecule has 3 rings (SSSR count). The maximum absolute atomic E-state index is 12.2. The molecule has 1 atom stereocenters. The number of aryl methyl sites for hydroxylation is 1. The number of carbonyl (C=O) groups is 1. The zero-order valence-electron chi connectivity index (χ0n) is 14.0. The zero-order valence-corrected chi connectivity index (χ0v) is 14.0. The number of nitrogens with zero attached hydrogens (tertiary/aromatic N) is 1. The third kappa shape index (κ3) is 3.87. The summed E-state index contributed by atoms with van der Waals surface area (Å²) in [5.41, 5.74) is 1.02. The second kappa shape index (κ2) is 6.93. The van der Waals surface area contributed by atoms with Gasteiger partial charge in [-0.1, -0.05) is 6.42 Å². The van der Waals surface area contributed by atoms with Crippen molar-refractivity contribution in [3.05, 3.63) is 23.7 Å². The van der Waals surface area contributed by atoms with Crippen LogP contribution in [0.1, 0.15) is 43.4 Å². The Morgan fingerprint density at radius 1 is 1.39 bits per heavy atom. The topological polar surface area (TPSA) is 63.9 Å². The van der Waals surface area contributed by atoms with Crippen molar-refractivity contribution < 1.29 is 18.7 Å². The molecule has 2 fully saturated rings. The number of hydrogen-bond acceptors (Lipinski definition) is 4. The summed E-state index contributed by atoms with van der Waals surface area (Å²) in [6.45, 7) is 3.47. The fraction of sp³-hybridized carbons (Fsp3) is 0.706. The van der Waals surface area contributed by atoms with E-state index in [2.05, 4.69) is 5.32 Å². The normalized spacial score (nSPS) is 23.1. The summed E-state index contributed by atoms with van der Waals surface area (Å²) in [6.07, 6.45) is 7.10. The molecule has 1 N–H and O–H groups in total. The largest absolute Gasteiger partial charge is 0.469 e. The van der Waals surface area contributed by atoms with Gasteiger partial charge in [-0.15, -0.1) is 0 Å². The Morgan fingerprint density at radius 3 is 2.87 bits per heavy atom. The molecule has 0 bridgehead atoms. The molecule has 1 unspecified atom stereocenters. The minimum atomic E-state index is -0.381. The lowest BCUT2D eigenvalue weighted by Crippen LogP contribution is -2.42. The molecule has 1 aromatic rings. The van der Waals surface area contributed by atoms with Gasteiger partial charge in [-0.25, -0.2) is 4.79 Å². The number of amides is 2. The second-order valence-electron chi connectivity index (χ2n) is 6.57. The second-order valence-corrected chi connectivity index (χ2v) is 6.57. The van der Waals surface area contributed by atoms with Crippen molar-refractivity contribution in [2.75, 3.05) is 20.2 Å². The average Bonchev–Trinajstić information content (AvgIpc) is 3.13. The van der Waals surface area contributed by atoms with Crippen molar-refractivity contribution in [1.29, 1.82) is 0 Å². The van der Waals surface area contributed by atoms with Crippen LogP contribution in [-0.4, -0.2) is 43.0 Å². The molecule has 1 saturated carbocycles. The van der Waals surface area contributed by atoms with Crippen LogP contribution in [0.5, 0.6) is 0 Å². The maximum atomic E-state index is 12.2. The van der Waals surface area contributed by atoms with Crippen molar-refractivity contribution in [2.24, 2.45) is 0 Å². The SMILES string of the molecule is Cc1occc1CN(C)C(=O)NCC1COC2(CCCCC2)O1. The predicted octanol–water partition coefficient (Wildman–Crippen LogP) is 2.81. The highest BCUT2D eigenvalue weighted by Gasteiger charge is 2.42. The molecule has 128 valence electrons. The summed E-state index contributed by atoms with van der Waals surface area (Å²) in [5, 5.41) is 2.93. The summed E-state index contributed by atoms with van der Waals surface area (Å²) >= 11 is 0. The number of furan rings is 1. The molecular formula is C17H26N2O4. The summed E-state index contributed by atoms with van der Waals surface area (Å²) in [5.74, 6) is 0.462. The van der Waals surface area contributed by atoms with Crippen LogP contribution in [0.2, 0.25) is 0 Å². The molecule has 2 amide bonds. The van der Waals surface area contributed by atoms with E-state index in [1.54, 1.807) is 18.2 Å². The molecule has 6 heteroatoms. The standard InChI is InChI=1S/C17H26N2O4/c1-13-14(6-9-21-13)11-19(2)16(20)18-10-15-12-22-17(23-15)7-4-3-5-8-17/h6,9,15H,3-5,7-8,10-12H2,1-2H3,(H,18,20). The third-order valence-corrected chi connectivity index (χ3v) is 4.73. The fourth-order valence-electron chi connectivity index (χ4n) is 3.31. The highest BCUT2D eigenvalue weighted by molar-refractivity contribution is 5.73. The average molecular weight is 322 g/mol. The summed E-state index contributed by atoms with van der Waals surface area (Å²) in [7, 11) is 1.77. The van der Waals surface area contributed by atoms with Gasteiger partial charge in [0, 0.05) is 32.0 Å². The van der Waals surface area contributed by atoms with Crippen LogP contribution in [0.15, 0.2) is 16.7 Å². The predicted molar refractivity (Wildman–Crippen MR) is 85.0 cm³/mol. The molecule has 0 aromatic carbocycles. The van der Waals surface area contributed by atoms with Gasteiger partial charge in [0.15, 0.2) is 5.79 Å². The van der Waals surface area contributed by atoms with Gasteiger partial charge in [0.2, 0.25) is 0 Å². The first-order valence-corrected chi connectivity index (χ1v) is 8.42. The Labute approximate surface area is 137 Å². The minimum Gasteiger partial charge on any atom is -0.469 e. The van der Waals surface area contributed by atoms with Crippen molar-refractivity contribution in [3.8, 4) is 0 Å². The van der Waals surface area contributed by atoms with Crippen LogP contribution < -0.4 is 5.32 Å². The number of rotatable bonds is 4. The van der Waals surface area contributed by atoms with E-state index in [0.29, 0.717) is 19.7 Å². The summed E-state index contributed by atoms with van der Waals surface area (Å²) in [6, 6.07) is 1.78. The van der Waals surface area contributed by atoms with Crippen LogP contribution in [0.3, 0.4) is 0 Å². The highest BCUT2D eigenvalue weighted by atomic mass is 16.7. The van der Waals surface area contributed by atoms with Gasteiger partial charge < -0.3 is 24.1 Å². The van der Waals surface area contributed by atoms with E-state index < -0.39 is 0 Å². The first-order valence-electron chi connectivity index (χ1n) is 8.42. The molecule has 0 radical (unpaired) electrons. The number of nitrogens with one attached hydrogen (secondary N) is 1. The molecular weight excluding hydrogens is 296 g/mol. The Hall–Kier alpha value is -1.53. The number of hydrogen-bond donors (Lipinski definition) is 1. The molecule has 6 nitrogen and oxygen atoms in total. The van der Waals surface area contributed by atoms with Crippen LogP contribution in [0.25, 0.3) is 0 Å². The van der Waals surface area contributed by atoms with Gasteiger partial charge in [0.25, 0.3) is 0 Å². The first-order chi connectivity index (χ1) is 11.1. The van der Waals surface area contributed by atoms with E-state index in [9.17, 15) is 4.79 Å². The Morgan fingerprint density at radius 2 is 2.17 bits per heavy atom. The molecule has 1 saturated heterocycles. The van der Waals surface area contributed by atoms with Gasteiger partial charge in [-0.05, 0) is 25.8 Å². The van der Waals surface area contributed by atoms with Gasteiger partial charge in [0.1, 0.15) is 11.9 Å². The van der Waals surface area contributed by atoms with E-state index in [1.165, 1.54) is 6.42 Å². The van der Waals surface area contributed by atoms with Crippen LogP contribution in [0.4, 0.5) is 4.79 Å². The van der Waals surface area contributed by atoms with E-state index in [4.69, 9.17) is 13.9 Å². The summed E-state index contributed by atoms with van der Waals surface area (Å²) < 4.78 is 17.2. The van der Waals surface area contributed by atoms with E-state index >= 15 is 0 Å². The minimum absolute atomic E-state index is 0.0545. The third-order valence-electron chi connectivity index (χ3n) is 4.73. The Bertz CT molecular complexity index is 536. The lowest BCUT2D eigenvalue weighted by Gasteiger charge is -2.31. The molecule has 1 aliphatic heterocycles. The quantitative estimate of drug-likeness (QED) is 0.926. The van der Waals surface area contributed by atoms with Crippen LogP contribution in [-0.2, 0) is 16.0 Å². The monoisotopic (exact) mass is 322 g/mol. The fourth-order valence-corrected chi connectivity index (χ4v) is 3.31. The molecule has 1 spiro atoms.